The summed E-state index contributed by atoms with van der Waals surface area (Å²) in [5, 5.41) is 23.7. The molecule has 2 aromatic heterocycles. The van der Waals surface area contributed by atoms with E-state index >= 15 is 0 Å². The zero-order valence-corrected chi connectivity index (χ0v) is 12.4. The standard InChI is InChI=1S/C14H12N10/c15-13(23-11-7-3-1-5-9(11)17-21-23)19-20-14(16)24-12-8-4-2-6-10(12)18-22-24/h1-8H,(H2,15,19)(H2,16,20). The summed E-state index contributed by atoms with van der Waals surface area (Å²) in [5.74, 6) is 0.0761. The van der Waals surface area contributed by atoms with Gasteiger partial charge in [0, 0.05) is 0 Å². The molecule has 0 fully saturated rings. The first-order valence-corrected chi connectivity index (χ1v) is 7.02. The zero-order chi connectivity index (χ0) is 16.5. The van der Waals surface area contributed by atoms with Gasteiger partial charge < -0.3 is 11.5 Å². The van der Waals surface area contributed by atoms with Crippen LogP contribution < -0.4 is 11.5 Å². The highest BCUT2D eigenvalue weighted by Gasteiger charge is 2.08. The number of nitrogens with two attached hydrogens (primary N) is 2. The maximum absolute atomic E-state index is 5.92. The number of para-hydroxylation sites is 2. The number of fused-ring (bicyclic) bond motifs is 2. The predicted octanol–water partition coefficient (Wildman–Crippen LogP) is 0.117. The van der Waals surface area contributed by atoms with Crippen LogP contribution in [0.4, 0.5) is 0 Å². The van der Waals surface area contributed by atoms with Gasteiger partial charge in [0.2, 0.25) is 11.9 Å². The molecular formula is C14H12N10. The van der Waals surface area contributed by atoms with Gasteiger partial charge in [-0.1, -0.05) is 34.7 Å². The first-order chi connectivity index (χ1) is 11.7. The van der Waals surface area contributed by atoms with Crippen molar-refractivity contribution in [2.24, 2.45) is 21.7 Å². The summed E-state index contributed by atoms with van der Waals surface area (Å²) < 4.78 is 2.76. The van der Waals surface area contributed by atoms with E-state index < -0.39 is 0 Å². The van der Waals surface area contributed by atoms with E-state index in [-0.39, 0.29) is 11.9 Å². The molecule has 4 N–H and O–H groups in total. The maximum atomic E-state index is 5.92. The van der Waals surface area contributed by atoms with Crippen molar-refractivity contribution in [3.8, 4) is 0 Å². The number of benzene rings is 2. The van der Waals surface area contributed by atoms with Crippen molar-refractivity contribution in [3.05, 3.63) is 48.5 Å². The summed E-state index contributed by atoms with van der Waals surface area (Å²) in [4.78, 5) is 0. The van der Waals surface area contributed by atoms with Crippen LogP contribution in [0.2, 0.25) is 0 Å². The second-order valence-corrected chi connectivity index (χ2v) is 4.90. The molecule has 118 valence electrons. The van der Waals surface area contributed by atoms with Crippen molar-refractivity contribution < 1.29 is 0 Å². The molecule has 0 spiro atoms. The quantitative estimate of drug-likeness (QED) is 0.290. The van der Waals surface area contributed by atoms with E-state index in [4.69, 9.17) is 11.5 Å². The van der Waals surface area contributed by atoms with Gasteiger partial charge in [0.1, 0.15) is 11.0 Å². The Morgan fingerprint density at radius 3 is 1.58 bits per heavy atom. The molecule has 0 atom stereocenters. The van der Waals surface area contributed by atoms with Crippen molar-refractivity contribution >= 4 is 34.0 Å². The Bertz CT molecular complexity index is 999. The normalized spacial score (nSPS) is 13.0. The van der Waals surface area contributed by atoms with Crippen LogP contribution in [0.1, 0.15) is 0 Å². The maximum Gasteiger partial charge on any atom is 0.243 e. The average Bonchev–Trinajstić information content (AvgIpc) is 3.23. The first-order valence-electron chi connectivity index (χ1n) is 7.02. The molecule has 0 saturated heterocycles. The van der Waals surface area contributed by atoms with Crippen molar-refractivity contribution in [2.45, 2.75) is 0 Å². The Morgan fingerprint density at radius 1 is 0.708 bits per heavy atom. The lowest BCUT2D eigenvalue weighted by molar-refractivity contribution is 0.834. The van der Waals surface area contributed by atoms with Gasteiger partial charge in [0.25, 0.3) is 0 Å². The fourth-order valence-corrected chi connectivity index (χ4v) is 2.26. The second kappa shape index (κ2) is 5.43. The number of aromatic nitrogens is 6. The SMILES string of the molecule is N/C(=N/N=C(/N)n1nnc2ccccc21)n1nnc2ccccc21. The minimum Gasteiger partial charge on any atom is -0.366 e. The molecule has 24 heavy (non-hydrogen) atoms. The van der Waals surface area contributed by atoms with Crippen LogP contribution in [0.15, 0.2) is 58.7 Å². The minimum atomic E-state index is 0.0380. The summed E-state index contributed by atoms with van der Waals surface area (Å²) >= 11 is 0. The summed E-state index contributed by atoms with van der Waals surface area (Å²) in [5.41, 5.74) is 14.7. The van der Waals surface area contributed by atoms with Crippen molar-refractivity contribution in [2.75, 3.05) is 0 Å². The van der Waals surface area contributed by atoms with Crippen molar-refractivity contribution in [3.63, 3.8) is 0 Å². The van der Waals surface area contributed by atoms with Gasteiger partial charge in [-0.25, -0.2) is 0 Å². The van der Waals surface area contributed by atoms with Crippen LogP contribution in [-0.2, 0) is 0 Å². The van der Waals surface area contributed by atoms with E-state index in [2.05, 4.69) is 30.8 Å². The van der Waals surface area contributed by atoms with E-state index in [9.17, 15) is 0 Å². The first kappa shape index (κ1) is 13.8. The van der Waals surface area contributed by atoms with Gasteiger partial charge >= 0.3 is 0 Å². The van der Waals surface area contributed by atoms with Gasteiger partial charge in [0.05, 0.1) is 11.0 Å². The molecule has 4 aromatic rings. The largest absolute Gasteiger partial charge is 0.366 e. The highest BCUT2D eigenvalue weighted by atomic mass is 15.5. The van der Waals surface area contributed by atoms with Crippen molar-refractivity contribution in [1.82, 2.24) is 30.0 Å². The molecule has 10 nitrogen and oxygen atoms in total. The van der Waals surface area contributed by atoms with Crippen LogP contribution in [0.3, 0.4) is 0 Å². The van der Waals surface area contributed by atoms with Gasteiger partial charge in [-0.05, 0) is 24.3 Å². The predicted molar refractivity (Wildman–Crippen MR) is 89.1 cm³/mol. The lowest BCUT2D eigenvalue weighted by atomic mass is 10.3. The van der Waals surface area contributed by atoms with Crippen LogP contribution in [-0.4, -0.2) is 41.9 Å². The molecule has 2 heterocycles. The summed E-state index contributed by atoms with van der Waals surface area (Å²) in [6.07, 6.45) is 0. The highest BCUT2D eigenvalue weighted by molar-refractivity contribution is 5.92. The fraction of sp³-hybridized carbons (Fsp3) is 0. The molecule has 0 aliphatic rings. The molecule has 4 rings (SSSR count). The second-order valence-electron chi connectivity index (χ2n) is 4.90. The number of hydrogen-bond acceptors (Lipinski definition) is 6. The third kappa shape index (κ3) is 2.22. The summed E-state index contributed by atoms with van der Waals surface area (Å²) in [7, 11) is 0. The Balaban J connectivity index is 1.71. The fourth-order valence-electron chi connectivity index (χ4n) is 2.26. The Labute approximate surface area is 135 Å². The monoisotopic (exact) mass is 320 g/mol. The topological polar surface area (TPSA) is 138 Å². The molecule has 0 saturated carbocycles. The molecule has 0 aliphatic heterocycles. The molecule has 2 aromatic carbocycles. The van der Waals surface area contributed by atoms with Crippen LogP contribution >= 0.6 is 0 Å². The highest BCUT2D eigenvalue weighted by Crippen LogP contribution is 2.10. The van der Waals surface area contributed by atoms with Gasteiger partial charge in [-0.2, -0.15) is 9.36 Å². The summed E-state index contributed by atoms with van der Waals surface area (Å²) in [6, 6.07) is 14.7. The Morgan fingerprint density at radius 2 is 1.12 bits per heavy atom. The average molecular weight is 320 g/mol. The van der Waals surface area contributed by atoms with E-state index in [0.717, 1.165) is 11.0 Å². The molecule has 0 amide bonds. The van der Waals surface area contributed by atoms with Crippen LogP contribution in [0, 0.1) is 0 Å². The summed E-state index contributed by atoms with van der Waals surface area (Å²) in [6.45, 7) is 0. The van der Waals surface area contributed by atoms with E-state index in [1.807, 2.05) is 48.5 Å². The van der Waals surface area contributed by atoms with Crippen LogP contribution in [0.5, 0.6) is 0 Å². The molecule has 0 unspecified atom stereocenters. The lowest BCUT2D eigenvalue weighted by Gasteiger charge is -2.00. The van der Waals surface area contributed by atoms with Gasteiger partial charge in [-0.3, -0.25) is 0 Å². The Hall–Kier alpha value is -3.82. The number of rotatable bonds is 1. The molecule has 10 heteroatoms. The Kier molecular flexibility index (Phi) is 3.12. The molecule has 0 radical (unpaired) electrons. The van der Waals surface area contributed by atoms with E-state index in [0.29, 0.717) is 11.0 Å². The molecule has 0 aliphatic carbocycles. The van der Waals surface area contributed by atoms with Crippen LogP contribution in [0.25, 0.3) is 22.1 Å². The van der Waals surface area contributed by atoms with Gasteiger partial charge in [-0.15, -0.1) is 20.4 Å². The lowest BCUT2D eigenvalue weighted by Crippen LogP contribution is -2.26. The number of nitrogens with zero attached hydrogens (tertiary/aromatic N) is 8. The van der Waals surface area contributed by atoms with Gasteiger partial charge in [0.15, 0.2) is 0 Å². The van der Waals surface area contributed by atoms with E-state index in [1.165, 1.54) is 9.36 Å². The number of hydrogen-bond donors (Lipinski definition) is 2. The van der Waals surface area contributed by atoms with E-state index in [1.54, 1.807) is 0 Å². The molecule has 0 bridgehead atoms. The molecular weight excluding hydrogens is 308 g/mol. The third-order valence-corrected chi connectivity index (χ3v) is 3.39. The van der Waals surface area contributed by atoms with Crippen molar-refractivity contribution in [1.29, 1.82) is 0 Å². The minimum absolute atomic E-state index is 0.0380. The zero-order valence-electron chi connectivity index (χ0n) is 12.4. The third-order valence-electron chi connectivity index (χ3n) is 3.39. The smallest absolute Gasteiger partial charge is 0.243 e.